The Hall–Kier alpha value is -3.88. The Morgan fingerprint density at radius 2 is 1.79 bits per heavy atom. The molecule has 13 nitrogen and oxygen atoms in total. The Labute approximate surface area is 271 Å². The van der Waals surface area contributed by atoms with E-state index < -0.39 is 95.7 Å². The zero-order valence-corrected chi connectivity index (χ0v) is 26.6. The number of ether oxygens (including phenoxy) is 3. The van der Waals surface area contributed by atoms with Crippen LogP contribution in [0.5, 0.6) is 17.2 Å². The van der Waals surface area contributed by atoms with Gasteiger partial charge < -0.3 is 44.6 Å². The molecule has 252 valence electrons. The van der Waals surface area contributed by atoms with Crippen LogP contribution in [-0.2, 0) is 20.7 Å². The van der Waals surface area contributed by atoms with E-state index >= 15 is 0 Å². The second kappa shape index (κ2) is 12.6. The topological polar surface area (TPSA) is 196 Å². The molecule has 0 spiro atoms. The molecule has 2 aromatic carbocycles. The number of aliphatic hydroxyl groups is 3. The maximum absolute atomic E-state index is 13.9. The van der Waals surface area contributed by atoms with Crippen LogP contribution in [0, 0.1) is 0 Å². The van der Waals surface area contributed by atoms with Crippen LogP contribution in [0.1, 0.15) is 95.0 Å². The van der Waals surface area contributed by atoms with Gasteiger partial charge in [-0.1, -0.05) is 12.1 Å². The number of Topliss-reactive ketones (excluding diaryl/α,β-unsaturated/α-hetero) is 1. The van der Waals surface area contributed by atoms with Crippen molar-refractivity contribution in [2.45, 2.75) is 88.6 Å². The van der Waals surface area contributed by atoms with Crippen molar-refractivity contribution in [1.29, 1.82) is 0 Å². The van der Waals surface area contributed by atoms with Crippen LogP contribution in [0.15, 0.2) is 23.2 Å². The highest BCUT2D eigenvalue weighted by molar-refractivity contribution is 6.31. The first-order valence-electron chi connectivity index (χ1n) is 15.9. The van der Waals surface area contributed by atoms with Gasteiger partial charge in [0.05, 0.1) is 47.9 Å². The number of phenols is 2. The van der Waals surface area contributed by atoms with Crippen molar-refractivity contribution in [3.63, 3.8) is 0 Å². The van der Waals surface area contributed by atoms with Gasteiger partial charge in [0.25, 0.3) is 0 Å². The van der Waals surface area contributed by atoms with E-state index in [1.54, 1.807) is 6.92 Å². The van der Waals surface area contributed by atoms with Gasteiger partial charge in [0.2, 0.25) is 5.78 Å². The van der Waals surface area contributed by atoms with Crippen LogP contribution in [0.25, 0.3) is 0 Å². The molecule has 0 saturated carbocycles. The van der Waals surface area contributed by atoms with Gasteiger partial charge in [0.15, 0.2) is 17.9 Å². The average Bonchev–Trinajstić information content (AvgIpc) is 3.06. The normalized spacial score (nSPS) is 29.2. The van der Waals surface area contributed by atoms with E-state index in [0.29, 0.717) is 0 Å². The summed E-state index contributed by atoms with van der Waals surface area (Å²) in [5.74, 6) is -2.93. The highest BCUT2D eigenvalue weighted by Crippen LogP contribution is 2.52. The summed E-state index contributed by atoms with van der Waals surface area (Å²) >= 11 is 0. The molecule has 2 aromatic rings. The predicted octanol–water partition coefficient (Wildman–Crippen LogP) is 1.95. The molecule has 2 heterocycles. The van der Waals surface area contributed by atoms with Crippen LogP contribution in [0.3, 0.4) is 0 Å². The number of rotatable bonds is 6. The summed E-state index contributed by atoms with van der Waals surface area (Å²) in [5.41, 5.74) is -3.57. The number of benzene rings is 2. The number of nitrogens with zero attached hydrogens (tertiary/aromatic N) is 2. The Morgan fingerprint density at radius 1 is 1.09 bits per heavy atom. The monoisotopic (exact) mass is 652 g/mol. The van der Waals surface area contributed by atoms with Gasteiger partial charge >= 0.3 is 0 Å². The molecule has 4 aliphatic rings. The van der Waals surface area contributed by atoms with E-state index in [1.807, 2.05) is 6.92 Å². The van der Waals surface area contributed by atoms with Crippen molar-refractivity contribution in [3.8, 4) is 17.2 Å². The van der Waals surface area contributed by atoms with Crippen molar-refractivity contribution in [2.24, 2.45) is 4.99 Å². The summed E-state index contributed by atoms with van der Waals surface area (Å²) in [7, 11) is 1.34. The highest BCUT2D eigenvalue weighted by atomic mass is 16.7. The van der Waals surface area contributed by atoms with Gasteiger partial charge in [0.1, 0.15) is 35.6 Å². The number of hydrogen-bond donors (Lipinski definition) is 5. The van der Waals surface area contributed by atoms with Crippen molar-refractivity contribution >= 4 is 23.2 Å². The van der Waals surface area contributed by atoms with E-state index in [2.05, 4.69) is 4.90 Å². The Morgan fingerprint density at radius 3 is 2.47 bits per heavy atom. The molecule has 0 amide bonds. The second-order valence-corrected chi connectivity index (χ2v) is 12.8. The fourth-order valence-corrected chi connectivity index (χ4v) is 7.36. The van der Waals surface area contributed by atoms with Crippen molar-refractivity contribution < 1.29 is 54.1 Å². The molecular weight excluding hydrogens is 612 g/mol. The van der Waals surface area contributed by atoms with Gasteiger partial charge in [-0.2, -0.15) is 0 Å². The number of ketones is 3. The average molecular weight is 653 g/mol. The Kier molecular flexibility index (Phi) is 8.87. The first kappa shape index (κ1) is 33.0. The van der Waals surface area contributed by atoms with Crippen LogP contribution in [0.2, 0.25) is 0 Å². The number of carbonyl (C=O) groups is 3. The number of aromatic hydroxyl groups is 2. The SMILES string of the molecule is COc1cccc2c1C(=O)c1c(O)c3c(c(O)c1C2=O)CC(O)(C(=O)CO)C[C@@H]3OC1C[C@H](N=C(C)N2CCCCC2)[C@@H](O)C(C)O1. The smallest absolute Gasteiger partial charge is 0.202 e. The lowest BCUT2D eigenvalue weighted by Crippen LogP contribution is -2.50. The van der Waals surface area contributed by atoms with E-state index in [1.165, 1.54) is 25.3 Å². The van der Waals surface area contributed by atoms with Crippen LogP contribution in [-0.4, -0.2) is 111 Å². The third-order valence-electron chi connectivity index (χ3n) is 9.90. The molecule has 6 atom stereocenters. The zero-order chi connectivity index (χ0) is 33.8. The summed E-state index contributed by atoms with van der Waals surface area (Å²) in [5, 5.41) is 55.5. The summed E-state index contributed by atoms with van der Waals surface area (Å²) in [4.78, 5) is 47.4. The fourth-order valence-electron chi connectivity index (χ4n) is 7.36. The van der Waals surface area contributed by atoms with Gasteiger partial charge in [-0.3, -0.25) is 19.4 Å². The van der Waals surface area contributed by atoms with Gasteiger partial charge in [0, 0.05) is 49.0 Å². The molecule has 2 fully saturated rings. The van der Waals surface area contributed by atoms with Crippen LogP contribution >= 0.6 is 0 Å². The van der Waals surface area contributed by atoms with Crippen LogP contribution < -0.4 is 4.74 Å². The number of hydrogen-bond acceptors (Lipinski definition) is 12. The quantitative estimate of drug-likeness (QED) is 0.148. The Bertz CT molecular complexity index is 1650. The van der Waals surface area contributed by atoms with Crippen molar-refractivity contribution in [3.05, 3.63) is 51.6 Å². The number of likely N-dealkylation sites (tertiary alicyclic amines) is 1. The number of phenolic OH excluding ortho intramolecular Hbond substituents is 2. The molecular formula is C34H40N2O11. The lowest BCUT2D eigenvalue weighted by atomic mass is 9.72. The number of aliphatic imine (C=N–C) groups is 1. The van der Waals surface area contributed by atoms with E-state index in [0.717, 1.165) is 38.2 Å². The first-order chi connectivity index (χ1) is 22.4. The molecule has 0 aromatic heterocycles. The number of amidine groups is 1. The standard InChI is InChI=1S/C34H40N2O11/c1-16-29(39)20(35-17(2)36-10-5-4-6-11-36)12-24(46-16)47-22-14-34(44,23(38)15-37)13-19-26(22)33(43)28-27(31(19)41)30(40)18-8-7-9-21(45-3)25(18)32(28)42/h7-9,16,20,22,24,29,37,39,41,43-44H,4-6,10-15H2,1-3H3/t16?,20-,22-,24?,29-,34?/m0/s1. The maximum atomic E-state index is 13.9. The first-order valence-corrected chi connectivity index (χ1v) is 15.9. The predicted molar refractivity (Wildman–Crippen MR) is 166 cm³/mol. The largest absolute Gasteiger partial charge is 0.507 e. The number of fused-ring (bicyclic) bond motifs is 3. The lowest BCUT2D eigenvalue weighted by molar-refractivity contribution is -0.247. The third kappa shape index (κ3) is 5.59. The minimum atomic E-state index is -2.25. The molecule has 47 heavy (non-hydrogen) atoms. The summed E-state index contributed by atoms with van der Waals surface area (Å²) in [6.07, 6.45) is -1.80. The van der Waals surface area contributed by atoms with E-state index in [-0.39, 0.29) is 34.4 Å². The van der Waals surface area contributed by atoms with Crippen molar-refractivity contribution in [1.82, 2.24) is 4.90 Å². The summed E-state index contributed by atoms with van der Waals surface area (Å²) in [6, 6.07) is 3.79. The van der Waals surface area contributed by atoms with Gasteiger partial charge in [-0.05, 0) is 39.2 Å². The molecule has 0 bridgehead atoms. The zero-order valence-electron chi connectivity index (χ0n) is 26.6. The van der Waals surface area contributed by atoms with E-state index in [9.17, 15) is 39.9 Å². The minimum absolute atomic E-state index is 0.0450. The molecule has 6 rings (SSSR count). The fraction of sp³-hybridized carbons (Fsp3) is 0.529. The minimum Gasteiger partial charge on any atom is -0.507 e. The van der Waals surface area contributed by atoms with Gasteiger partial charge in [-0.15, -0.1) is 0 Å². The molecule has 3 unspecified atom stereocenters. The summed E-state index contributed by atoms with van der Waals surface area (Å²) < 4.78 is 17.6. The molecule has 0 radical (unpaired) electrons. The van der Waals surface area contributed by atoms with Gasteiger partial charge in [-0.25, -0.2) is 0 Å². The van der Waals surface area contributed by atoms with E-state index in [4.69, 9.17) is 19.2 Å². The number of methoxy groups -OCH3 is 1. The highest BCUT2D eigenvalue weighted by Gasteiger charge is 2.50. The molecule has 2 aliphatic carbocycles. The number of carbonyl (C=O) groups excluding carboxylic acids is 3. The van der Waals surface area contributed by atoms with Crippen LogP contribution in [0.4, 0.5) is 0 Å². The maximum Gasteiger partial charge on any atom is 0.202 e. The Balaban J connectivity index is 1.41. The molecule has 2 aliphatic heterocycles. The summed E-state index contributed by atoms with van der Waals surface area (Å²) in [6.45, 7) is 4.27. The number of piperidine rings is 1. The number of aliphatic hydroxyl groups excluding tert-OH is 2. The van der Waals surface area contributed by atoms with Crippen molar-refractivity contribution in [2.75, 3.05) is 26.8 Å². The molecule has 2 saturated heterocycles. The lowest BCUT2D eigenvalue weighted by Gasteiger charge is -2.42. The molecule has 5 N–H and O–H groups in total. The molecule has 13 heteroatoms. The third-order valence-corrected chi connectivity index (χ3v) is 9.90. The second-order valence-electron chi connectivity index (χ2n) is 12.8.